The SMILES string of the molecule is CC(=O)Nc1cccc(NC(=O)C2(CN)CCOCC2)c1.Cl. The summed E-state index contributed by atoms with van der Waals surface area (Å²) in [5.74, 6) is -0.241. The number of nitrogens with two attached hydrogens (primary N) is 1. The number of anilines is 2. The van der Waals surface area contributed by atoms with E-state index < -0.39 is 5.41 Å². The summed E-state index contributed by atoms with van der Waals surface area (Å²) in [6.07, 6.45) is 1.25. The van der Waals surface area contributed by atoms with E-state index in [0.29, 0.717) is 44.0 Å². The van der Waals surface area contributed by atoms with E-state index in [1.807, 2.05) is 0 Å². The first kappa shape index (κ1) is 18.4. The van der Waals surface area contributed by atoms with Gasteiger partial charge < -0.3 is 21.1 Å². The molecule has 1 aliphatic rings. The molecular weight excluding hydrogens is 306 g/mol. The fraction of sp³-hybridized carbons (Fsp3) is 0.467. The molecule has 6 nitrogen and oxygen atoms in total. The van der Waals surface area contributed by atoms with Gasteiger partial charge in [0, 0.05) is 38.1 Å². The zero-order valence-electron chi connectivity index (χ0n) is 12.6. The number of halogens is 1. The van der Waals surface area contributed by atoms with Crippen molar-refractivity contribution in [2.45, 2.75) is 19.8 Å². The summed E-state index contributed by atoms with van der Waals surface area (Å²) in [5.41, 5.74) is 6.54. The van der Waals surface area contributed by atoms with Gasteiger partial charge in [-0.25, -0.2) is 0 Å². The summed E-state index contributed by atoms with van der Waals surface area (Å²) in [4.78, 5) is 23.6. The first-order valence-electron chi connectivity index (χ1n) is 7.03. The molecule has 2 rings (SSSR count). The number of amides is 2. The average molecular weight is 328 g/mol. The Labute approximate surface area is 136 Å². The van der Waals surface area contributed by atoms with Crippen molar-refractivity contribution >= 4 is 35.6 Å². The van der Waals surface area contributed by atoms with E-state index >= 15 is 0 Å². The topological polar surface area (TPSA) is 93.5 Å². The van der Waals surface area contributed by atoms with Crippen molar-refractivity contribution in [2.24, 2.45) is 11.1 Å². The number of carbonyl (C=O) groups is 2. The Balaban J connectivity index is 0.00000242. The number of hydrogen-bond donors (Lipinski definition) is 3. The molecule has 1 aromatic carbocycles. The highest BCUT2D eigenvalue weighted by Crippen LogP contribution is 2.31. The molecule has 2 amide bonds. The second-order valence-corrected chi connectivity index (χ2v) is 5.31. The van der Waals surface area contributed by atoms with Gasteiger partial charge in [0.25, 0.3) is 0 Å². The lowest BCUT2D eigenvalue weighted by atomic mass is 9.79. The van der Waals surface area contributed by atoms with Crippen molar-refractivity contribution < 1.29 is 14.3 Å². The lowest BCUT2D eigenvalue weighted by molar-refractivity contribution is -0.130. The normalized spacial score (nSPS) is 16.3. The summed E-state index contributed by atoms with van der Waals surface area (Å²) in [6, 6.07) is 7.06. The molecule has 1 fully saturated rings. The van der Waals surface area contributed by atoms with Gasteiger partial charge in [-0.1, -0.05) is 6.07 Å². The molecule has 22 heavy (non-hydrogen) atoms. The smallest absolute Gasteiger partial charge is 0.232 e. The van der Waals surface area contributed by atoms with E-state index in [2.05, 4.69) is 10.6 Å². The summed E-state index contributed by atoms with van der Waals surface area (Å²) >= 11 is 0. The average Bonchev–Trinajstić information content (AvgIpc) is 2.47. The minimum Gasteiger partial charge on any atom is -0.381 e. The van der Waals surface area contributed by atoms with Gasteiger partial charge in [0.15, 0.2) is 0 Å². The van der Waals surface area contributed by atoms with Crippen LogP contribution in [-0.4, -0.2) is 31.6 Å². The van der Waals surface area contributed by atoms with Crippen LogP contribution in [0.1, 0.15) is 19.8 Å². The molecule has 0 atom stereocenters. The maximum Gasteiger partial charge on any atom is 0.232 e. The van der Waals surface area contributed by atoms with Gasteiger partial charge in [-0.05, 0) is 31.0 Å². The van der Waals surface area contributed by atoms with Crippen molar-refractivity contribution in [1.29, 1.82) is 0 Å². The van der Waals surface area contributed by atoms with Crippen LogP contribution in [0.5, 0.6) is 0 Å². The summed E-state index contributed by atoms with van der Waals surface area (Å²) in [6.45, 7) is 2.84. The minimum atomic E-state index is -0.567. The molecule has 4 N–H and O–H groups in total. The molecule has 122 valence electrons. The zero-order chi connectivity index (χ0) is 15.3. The van der Waals surface area contributed by atoms with Crippen LogP contribution in [0.2, 0.25) is 0 Å². The van der Waals surface area contributed by atoms with Gasteiger partial charge in [0.2, 0.25) is 11.8 Å². The van der Waals surface area contributed by atoms with Crippen LogP contribution in [0.15, 0.2) is 24.3 Å². The third-order valence-corrected chi connectivity index (χ3v) is 3.76. The largest absolute Gasteiger partial charge is 0.381 e. The maximum absolute atomic E-state index is 12.5. The van der Waals surface area contributed by atoms with Crippen LogP contribution in [0.25, 0.3) is 0 Å². The molecule has 1 aromatic rings. The molecular formula is C15H22ClN3O3. The number of benzene rings is 1. The molecule has 0 aromatic heterocycles. The van der Waals surface area contributed by atoms with Crippen molar-refractivity contribution in [3.8, 4) is 0 Å². The Morgan fingerprint density at radius 1 is 1.23 bits per heavy atom. The Kier molecular flexibility index (Phi) is 6.80. The maximum atomic E-state index is 12.5. The van der Waals surface area contributed by atoms with Gasteiger partial charge in [-0.15, -0.1) is 12.4 Å². The van der Waals surface area contributed by atoms with E-state index in [0.717, 1.165) is 0 Å². The summed E-state index contributed by atoms with van der Waals surface area (Å²) < 4.78 is 5.31. The lowest BCUT2D eigenvalue weighted by Gasteiger charge is -2.34. The van der Waals surface area contributed by atoms with E-state index in [4.69, 9.17) is 10.5 Å². The van der Waals surface area contributed by atoms with E-state index in [1.54, 1.807) is 24.3 Å². The van der Waals surface area contributed by atoms with Gasteiger partial charge in [-0.2, -0.15) is 0 Å². The predicted octanol–water partition coefficient (Wildman–Crippen LogP) is 1.76. The molecule has 0 saturated carbocycles. The highest BCUT2D eigenvalue weighted by atomic mass is 35.5. The van der Waals surface area contributed by atoms with Gasteiger partial charge in [0.05, 0.1) is 5.41 Å². The van der Waals surface area contributed by atoms with Crippen molar-refractivity contribution in [2.75, 3.05) is 30.4 Å². The highest BCUT2D eigenvalue weighted by molar-refractivity contribution is 5.96. The number of rotatable bonds is 4. The summed E-state index contributed by atoms with van der Waals surface area (Å²) in [7, 11) is 0. The molecule has 0 radical (unpaired) electrons. The molecule has 0 aliphatic carbocycles. The number of carbonyl (C=O) groups excluding carboxylic acids is 2. The van der Waals surface area contributed by atoms with E-state index in [-0.39, 0.29) is 24.2 Å². The van der Waals surface area contributed by atoms with Gasteiger partial charge in [0.1, 0.15) is 0 Å². The molecule has 0 bridgehead atoms. The molecule has 0 unspecified atom stereocenters. The molecule has 1 saturated heterocycles. The Morgan fingerprint density at radius 3 is 2.36 bits per heavy atom. The van der Waals surface area contributed by atoms with Gasteiger partial charge in [-0.3, -0.25) is 9.59 Å². The third kappa shape index (κ3) is 4.43. The third-order valence-electron chi connectivity index (χ3n) is 3.76. The monoisotopic (exact) mass is 327 g/mol. The Morgan fingerprint density at radius 2 is 1.82 bits per heavy atom. The second kappa shape index (κ2) is 8.12. The molecule has 0 spiro atoms. The first-order chi connectivity index (χ1) is 10.1. The second-order valence-electron chi connectivity index (χ2n) is 5.31. The van der Waals surface area contributed by atoms with E-state index in [9.17, 15) is 9.59 Å². The van der Waals surface area contributed by atoms with Crippen LogP contribution < -0.4 is 16.4 Å². The Bertz CT molecular complexity index is 531. The number of ether oxygens (including phenoxy) is 1. The first-order valence-corrected chi connectivity index (χ1v) is 7.03. The lowest BCUT2D eigenvalue weighted by Crippen LogP contribution is -2.46. The zero-order valence-corrected chi connectivity index (χ0v) is 13.4. The quantitative estimate of drug-likeness (QED) is 0.785. The van der Waals surface area contributed by atoms with Crippen molar-refractivity contribution in [3.63, 3.8) is 0 Å². The standard InChI is InChI=1S/C15H21N3O3.ClH/c1-11(19)17-12-3-2-4-13(9-12)18-14(20)15(10-16)5-7-21-8-6-15;/h2-4,9H,5-8,10,16H2,1H3,(H,17,19)(H,18,20);1H. The van der Waals surface area contributed by atoms with E-state index in [1.165, 1.54) is 6.92 Å². The fourth-order valence-electron chi connectivity index (χ4n) is 2.43. The van der Waals surface area contributed by atoms with Crippen LogP contribution in [0.3, 0.4) is 0 Å². The number of nitrogens with one attached hydrogen (secondary N) is 2. The minimum absolute atomic E-state index is 0. The van der Waals surface area contributed by atoms with Crippen molar-refractivity contribution in [3.05, 3.63) is 24.3 Å². The molecule has 1 heterocycles. The fourth-order valence-corrected chi connectivity index (χ4v) is 2.43. The van der Waals surface area contributed by atoms with Crippen LogP contribution >= 0.6 is 12.4 Å². The van der Waals surface area contributed by atoms with Gasteiger partial charge >= 0.3 is 0 Å². The van der Waals surface area contributed by atoms with Crippen molar-refractivity contribution in [1.82, 2.24) is 0 Å². The van der Waals surface area contributed by atoms with Crippen LogP contribution in [0.4, 0.5) is 11.4 Å². The van der Waals surface area contributed by atoms with Crippen LogP contribution in [0, 0.1) is 5.41 Å². The summed E-state index contributed by atoms with van der Waals surface area (Å²) in [5, 5.41) is 5.58. The van der Waals surface area contributed by atoms with Crippen LogP contribution in [-0.2, 0) is 14.3 Å². The predicted molar refractivity (Wildman–Crippen MR) is 88.2 cm³/mol. The Hall–Kier alpha value is -1.63. The number of hydrogen-bond acceptors (Lipinski definition) is 4. The molecule has 7 heteroatoms. The highest BCUT2D eigenvalue weighted by Gasteiger charge is 2.38. The molecule has 1 aliphatic heterocycles.